The third-order valence-electron chi connectivity index (χ3n) is 4.78. The van der Waals surface area contributed by atoms with Crippen molar-refractivity contribution in [3.05, 3.63) is 48.0 Å². The molecule has 0 saturated heterocycles. The van der Waals surface area contributed by atoms with Crippen molar-refractivity contribution in [2.45, 2.75) is 13.0 Å². The van der Waals surface area contributed by atoms with Gasteiger partial charge in [0.15, 0.2) is 0 Å². The highest BCUT2D eigenvalue weighted by Gasteiger charge is 2.48. The predicted octanol–water partition coefficient (Wildman–Crippen LogP) is 2.60. The van der Waals surface area contributed by atoms with E-state index in [2.05, 4.69) is 10.6 Å². The molecule has 0 heterocycles. The Morgan fingerprint density at radius 1 is 0.929 bits per heavy atom. The fourth-order valence-electron chi connectivity index (χ4n) is 3.06. The number of benzene rings is 2. The molecule has 1 aliphatic rings. The van der Waals surface area contributed by atoms with Gasteiger partial charge >= 0.3 is 0 Å². The number of rotatable bonds is 8. The van der Waals surface area contributed by atoms with Crippen molar-refractivity contribution in [1.82, 2.24) is 5.32 Å². The molecule has 1 aliphatic carbocycles. The molecule has 0 aliphatic heterocycles. The Kier molecular flexibility index (Phi) is 6.03. The summed E-state index contributed by atoms with van der Waals surface area (Å²) >= 11 is 0. The third-order valence-corrected chi connectivity index (χ3v) is 4.78. The molecule has 3 rings (SSSR count). The zero-order valence-electron chi connectivity index (χ0n) is 16.2. The first-order chi connectivity index (χ1) is 13.6. The number of carbonyl (C=O) groups is 2. The number of nitrogens with one attached hydrogen (secondary N) is 2. The van der Waals surface area contributed by atoms with Gasteiger partial charge in [0.1, 0.15) is 17.2 Å². The van der Waals surface area contributed by atoms with E-state index in [1.807, 2.05) is 24.3 Å². The predicted molar refractivity (Wildman–Crippen MR) is 105 cm³/mol. The molecule has 0 aromatic heterocycles. The minimum Gasteiger partial charge on any atom is -0.497 e. The van der Waals surface area contributed by atoms with Gasteiger partial charge in [-0.15, -0.1) is 0 Å². The molecular formula is C21H24N2O5. The van der Waals surface area contributed by atoms with Crippen molar-refractivity contribution in [1.29, 1.82) is 0 Å². The Balaban J connectivity index is 1.54. The van der Waals surface area contributed by atoms with Crippen LogP contribution in [0.15, 0.2) is 42.5 Å². The second-order valence-corrected chi connectivity index (χ2v) is 6.53. The molecule has 0 radical (unpaired) electrons. The van der Waals surface area contributed by atoms with Crippen molar-refractivity contribution in [3.63, 3.8) is 0 Å². The molecule has 2 atom stereocenters. The van der Waals surface area contributed by atoms with Gasteiger partial charge < -0.3 is 24.8 Å². The van der Waals surface area contributed by atoms with E-state index in [0.717, 1.165) is 11.3 Å². The first-order valence-electron chi connectivity index (χ1n) is 9.00. The van der Waals surface area contributed by atoms with E-state index in [0.29, 0.717) is 30.2 Å². The summed E-state index contributed by atoms with van der Waals surface area (Å²) in [6.45, 7) is 0.361. The molecule has 1 saturated carbocycles. The van der Waals surface area contributed by atoms with Gasteiger partial charge in [0.05, 0.1) is 38.9 Å². The number of ether oxygens (including phenoxy) is 3. The lowest BCUT2D eigenvalue weighted by Gasteiger charge is -2.12. The maximum atomic E-state index is 12.5. The van der Waals surface area contributed by atoms with Gasteiger partial charge in [-0.25, -0.2) is 0 Å². The number of para-hydroxylation sites is 1. The zero-order chi connectivity index (χ0) is 20.1. The van der Waals surface area contributed by atoms with Gasteiger partial charge in [-0.2, -0.15) is 0 Å². The van der Waals surface area contributed by atoms with Crippen LogP contribution in [-0.2, 0) is 16.1 Å². The average Bonchev–Trinajstić information content (AvgIpc) is 3.53. The summed E-state index contributed by atoms with van der Waals surface area (Å²) in [6.07, 6.45) is 0.530. The SMILES string of the molecule is COc1ccc(NC(=O)C2CC2C(=O)NCc2ccccc2OC)c(OC)c1. The summed E-state index contributed by atoms with van der Waals surface area (Å²) in [5.74, 6) is 0.872. The molecule has 7 heteroatoms. The average molecular weight is 384 g/mol. The van der Waals surface area contributed by atoms with E-state index in [4.69, 9.17) is 14.2 Å². The minimum atomic E-state index is -0.343. The quantitative estimate of drug-likeness (QED) is 0.731. The van der Waals surface area contributed by atoms with Crippen LogP contribution in [0.2, 0.25) is 0 Å². The van der Waals surface area contributed by atoms with Gasteiger partial charge in [0, 0.05) is 18.2 Å². The molecule has 1 fully saturated rings. The highest BCUT2D eigenvalue weighted by Crippen LogP contribution is 2.40. The fourth-order valence-corrected chi connectivity index (χ4v) is 3.06. The van der Waals surface area contributed by atoms with E-state index in [-0.39, 0.29) is 23.7 Å². The first kappa shape index (κ1) is 19.5. The van der Waals surface area contributed by atoms with E-state index in [1.54, 1.807) is 32.4 Å². The monoisotopic (exact) mass is 384 g/mol. The largest absolute Gasteiger partial charge is 0.497 e. The van der Waals surface area contributed by atoms with Crippen LogP contribution in [0.25, 0.3) is 0 Å². The number of methoxy groups -OCH3 is 3. The van der Waals surface area contributed by atoms with Gasteiger partial charge in [0.25, 0.3) is 0 Å². The van der Waals surface area contributed by atoms with Crippen molar-refractivity contribution >= 4 is 17.5 Å². The standard InChI is InChI=1S/C21H24N2O5/c1-26-14-8-9-17(19(10-14)28-3)23-21(25)16-11-15(16)20(24)22-12-13-6-4-5-7-18(13)27-2/h4-10,15-16H,11-12H2,1-3H3,(H,22,24)(H,23,25). The fraction of sp³-hybridized carbons (Fsp3) is 0.333. The highest BCUT2D eigenvalue weighted by molar-refractivity contribution is 6.00. The maximum absolute atomic E-state index is 12.5. The van der Waals surface area contributed by atoms with Gasteiger partial charge in [-0.05, 0) is 24.6 Å². The van der Waals surface area contributed by atoms with Crippen LogP contribution in [0.5, 0.6) is 17.2 Å². The zero-order valence-corrected chi connectivity index (χ0v) is 16.2. The molecule has 28 heavy (non-hydrogen) atoms. The van der Waals surface area contributed by atoms with E-state index < -0.39 is 0 Å². The summed E-state index contributed by atoms with van der Waals surface area (Å²) in [4.78, 5) is 24.9. The Hall–Kier alpha value is -3.22. The summed E-state index contributed by atoms with van der Waals surface area (Å²) < 4.78 is 15.7. The maximum Gasteiger partial charge on any atom is 0.228 e. The second kappa shape index (κ2) is 8.65. The summed E-state index contributed by atoms with van der Waals surface area (Å²) in [7, 11) is 4.68. The van der Waals surface area contributed by atoms with Crippen LogP contribution >= 0.6 is 0 Å². The molecule has 2 aromatic carbocycles. The van der Waals surface area contributed by atoms with Crippen LogP contribution in [0.4, 0.5) is 5.69 Å². The van der Waals surface area contributed by atoms with Crippen LogP contribution in [-0.4, -0.2) is 33.1 Å². The molecule has 0 bridgehead atoms. The van der Waals surface area contributed by atoms with Crippen molar-refractivity contribution < 1.29 is 23.8 Å². The van der Waals surface area contributed by atoms with Crippen LogP contribution in [0, 0.1) is 11.8 Å². The lowest BCUT2D eigenvalue weighted by Crippen LogP contribution is -2.27. The molecule has 2 unspecified atom stereocenters. The van der Waals surface area contributed by atoms with Crippen molar-refractivity contribution in [2.75, 3.05) is 26.6 Å². The minimum absolute atomic E-state index is 0.132. The topological polar surface area (TPSA) is 85.9 Å². The lowest BCUT2D eigenvalue weighted by atomic mass is 10.2. The number of amides is 2. The Bertz CT molecular complexity index is 868. The van der Waals surface area contributed by atoms with Crippen LogP contribution < -0.4 is 24.8 Å². The first-order valence-corrected chi connectivity index (χ1v) is 9.00. The summed E-state index contributed by atoms with van der Waals surface area (Å²) in [6, 6.07) is 12.7. The number of hydrogen-bond acceptors (Lipinski definition) is 5. The smallest absolute Gasteiger partial charge is 0.228 e. The summed E-state index contributed by atoms with van der Waals surface area (Å²) in [5.41, 5.74) is 1.44. The Labute approximate surface area is 164 Å². The summed E-state index contributed by atoms with van der Waals surface area (Å²) in [5, 5.41) is 5.71. The van der Waals surface area contributed by atoms with E-state index >= 15 is 0 Å². The molecule has 148 valence electrons. The Morgan fingerprint density at radius 2 is 1.64 bits per heavy atom. The molecule has 7 nitrogen and oxygen atoms in total. The van der Waals surface area contributed by atoms with Crippen molar-refractivity contribution in [2.24, 2.45) is 11.8 Å². The second-order valence-electron chi connectivity index (χ2n) is 6.53. The molecule has 2 aromatic rings. The highest BCUT2D eigenvalue weighted by atomic mass is 16.5. The van der Waals surface area contributed by atoms with Crippen molar-refractivity contribution in [3.8, 4) is 17.2 Å². The number of carbonyl (C=O) groups excluding carboxylic acids is 2. The van der Waals surface area contributed by atoms with E-state index in [1.165, 1.54) is 7.11 Å². The molecule has 2 N–H and O–H groups in total. The van der Waals surface area contributed by atoms with Gasteiger partial charge in [-0.1, -0.05) is 18.2 Å². The molecular weight excluding hydrogens is 360 g/mol. The number of anilines is 1. The number of hydrogen-bond donors (Lipinski definition) is 2. The lowest BCUT2D eigenvalue weighted by molar-refractivity contribution is -0.125. The normalized spacial score (nSPS) is 17.4. The van der Waals surface area contributed by atoms with E-state index in [9.17, 15) is 9.59 Å². The Morgan fingerprint density at radius 3 is 2.36 bits per heavy atom. The van der Waals surface area contributed by atoms with Crippen LogP contribution in [0.3, 0.4) is 0 Å². The molecule has 0 spiro atoms. The van der Waals surface area contributed by atoms with Gasteiger partial charge in [0.2, 0.25) is 11.8 Å². The van der Waals surface area contributed by atoms with Gasteiger partial charge in [-0.3, -0.25) is 9.59 Å². The molecule has 2 amide bonds. The third kappa shape index (κ3) is 4.36. The van der Waals surface area contributed by atoms with Crippen LogP contribution in [0.1, 0.15) is 12.0 Å².